The number of carbonyl (C=O) groups is 1. The number of aromatic carboxylic acids is 1. The number of rotatable bonds is 3. The molecule has 0 amide bonds. The van der Waals surface area contributed by atoms with Crippen molar-refractivity contribution in [1.29, 1.82) is 0 Å². The summed E-state index contributed by atoms with van der Waals surface area (Å²) in [5.74, 6) is -1.01. The molecule has 5 heteroatoms. The van der Waals surface area contributed by atoms with Crippen LogP contribution in [0.2, 0.25) is 0 Å². The van der Waals surface area contributed by atoms with Crippen LogP contribution in [0.5, 0.6) is 0 Å². The zero-order chi connectivity index (χ0) is 13.1. The number of anilines is 3. The summed E-state index contributed by atoms with van der Waals surface area (Å²) in [5, 5.41) is 12.2. The van der Waals surface area contributed by atoms with Gasteiger partial charge in [-0.3, -0.25) is 0 Å². The smallest absolute Gasteiger partial charge is 0.337 e. The average molecular weight is 307 g/mol. The fourth-order valence-corrected chi connectivity index (χ4v) is 1.97. The van der Waals surface area contributed by atoms with Crippen LogP contribution in [0.3, 0.4) is 0 Å². The molecule has 0 saturated heterocycles. The molecule has 2 aromatic carbocycles. The summed E-state index contributed by atoms with van der Waals surface area (Å²) in [6.45, 7) is 0. The molecule has 0 atom stereocenters. The monoisotopic (exact) mass is 306 g/mol. The first-order chi connectivity index (χ1) is 8.56. The Morgan fingerprint density at radius 2 is 2.00 bits per heavy atom. The number of nitrogen functional groups attached to an aromatic ring is 1. The van der Waals surface area contributed by atoms with Crippen LogP contribution in [0.4, 0.5) is 17.1 Å². The van der Waals surface area contributed by atoms with Crippen LogP contribution in [-0.2, 0) is 0 Å². The molecule has 0 saturated carbocycles. The molecule has 0 bridgehead atoms. The molecule has 0 fully saturated rings. The summed E-state index contributed by atoms with van der Waals surface area (Å²) in [6.07, 6.45) is 0. The van der Waals surface area contributed by atoms with E-state index in [2.05, 4.69) is 21.2 Å². The second kappa shape index (κ2) is 5.10. The maximum atomic E-state index is 11.1. The maximum Gasteiger partial charge on any atom is 0.337 e. The first kappa shape index (κ1) is 12.4. The quantitative estimate of drug-likeness (QED) is 0.759. The van der Waals surface area contributed by atoms with E-state index < -0.39 is 5.97 Å². The fourth-order valence-electron chi connectivity index (χ4n) is 1.57. The van der Waals surface area contributed by atoms with Crippen LogP contribution in [0.15, 0.2) is 46.9 Å². The van der Waals surface area contributed by atoms with E-state index in [0.29, 0.717) is 11.4 Å². The third-order valence-corrected chi connectivity index (χ3v) is 2.87. The Hall–Kier alpha value is -2.01. The standard InChI is InChI=1S/C13H11BrN2O2/c14-8-2-1-3-10(6-8)16-12-5-4-9(15)7-11(12)13(17)18/h1-7,16H,15H2,(H,17,18). The molecule has 92 valence electrons. The Balaban J connectivity index is 2.37. The molecule has 0 radical (unpaired) electrons. The topological polar surface area (TPSA) is 75.3 Å². The van der Waals surface area contributed by atoms with E-state index in [1.54, 1.807) is 12.1 Å². The van der Waals surface area contributed by atoms with E-state index in [0.717, 1.165) is 10.2 Å². The second-order valence-electron chi connectivity index (χ2n) is 3.75. The molecule has 0 aromatic heterocycles. The normalized spacial score (nSPS) is 10.1. The van der Waals surface area contributed by atoms with Gasteiger partial charge in [-0.05, 0) is 36.4 Å². The number of halogens is 1. The van der Waals surface area contributed by atoms with Crippen molar-refractivity contribution >= 4 is 39.0 Å². The van der Waals surface area contributed by atoms with Crippen LogP contribution in [0.25, 0.3) is 0 Å². The Bertz CT molecular complexity index is 599. The molecule has 0 aliphatic rings. The molecule has 18 heavy (non-hydrogen) atoms. The Morgan fingerprint density at radius 3 is 2.67 bits per heavy atom. The van der Waals surface area contributed by atoms with Gasteiger partial charge in [0.1, 0.15) is 0 Å². The van der Waals surface area contributed by atoms with Gasteiger partial charge in [0.15, 0.2) is 0 Å². The highest BCUT2D eigenvalue weighted by molar-refractivity contribution is 9.10. The van der Waals surface area contributed by atoms with Crippen LogP contribution in [0.1, 0.15) is 10.4 Å². The Kier molecular flexibility index (Phi) is 3.53. The van der Waals surface area contributed by atoms with E-state index in [-0.39, 0.29) is 5.56 Å². The van der Waals surface area contributed by atoms with Crippen molar-refractivity contribution in [3.05, 3.63) is 52.5 Å². The van der Waals surface area contributed by atoms with Gasteiger partial charge < -0.3 is 16.2 Å². The van der Waals surface area contributed by atoms with Crippen LogP contribution >= 0.6 is 15.9 Å². The molecular formula is C13H11BrN2O2. The van der Waals surface area contributed by atoms with E-state index in [4.69, 9.17) is 10.8 Å². The molecule has 2 rings (SSSR count). The van der Waals surface area contributed by atoms with E-state index in [1.165, 1.54) is 6.07 Å². The first-order valence-electron chi connectivity index (χ1n) is 5.21. The van der Waals surface area contributed by atoms with E-state index >= 15 is 0 Å². The van der Waals surface area contributed by atoms with Crippen molar-refractivity contribution in [2.24, 2.45) is 0 Å². The van der Waals surface area contributed by atoms with Gasteiger partial charge in [0, 0.05) is 15.8 Å². The predicted octanol–water partition coefficient (Wildman–Crippen LogP) is 3.47. The number of benzene rings is 2. The molecule has 0 aliphatic heterocycles. The lowest BCUT2D eigenvalue weighted by Crippen LogP contribution is -2.03. The van der Waals surface area contributed by atoms with Crippen molar-refractivity contribution in [1.82, 2.24) is 0 Å². The highest BCUT2D eigenvalue weighted by Gasteiger charge is 2.10. The number of hydrogen-bond donors (Lipinski definition) is 3. The first-order valence-corrected chi connectivity index (χ1v) is 6.01. The van der Waals surface area contributed by atoms with E-state index in [9.17, 15) is 4.79 Å². The van der Waals surface area contributed by atoms with E-state index in [1.807, 2.05) is 24.3 Å². The summed E-state index contributed by atoms with van der Waals surface area (Å²) < 4.78 is 0.917. The summed E-state index contributed by atoms with van der Waals surface area (Å²) in [4.78, 5) is 11.1. The van der Waals surface area contributed by atoms with Crippen molar-refractivity contribution in [2.45, 2.75) is 0 Å². The number of nitrogens with two attached hydrogens (primary N) is 1. The van der Waals surface area contributed by atoms with Crippen LogP contribution in [-0.4, -0.2) is 11.1 Å². The van der Waals surface area contributed by atoms with Crippen molar-refractivity contribution in [3.63, 3.8) is 0 Å². The summed E-state index contributed by atoms with van der Waals surface area (Å²) in [5.41, 5.74) is 7.47. The lowest BCUT2D eigenvalue weighted by molar-refractivity contribution is 0.0698. The summed E-state index contributed by atoms with van der Waals surface area (Å²) >= 11 is 3.36. The van der Waals surface area contributed by atoms with Gasteiger partial charge in [0.2, 0.25) is 0 Å². The Morgan fingerprint density at radius 1 is 1.22 bits per heavy atom. The van der Waals surface area contributed by atoms with Gasteiger partial charge in [-0.1, -0.05) is 22.0 Å². The zero-order valence-corrected chi connectivity index (χ0v) is 10.9. The highest BCUT2D eigenvalue weighted by atomic mass is 79.9. The molecule has 4 N–H and O–H groups in total. The molecule has 2 aromatic rings. The summed E-state index contributed by atoms with van der Waals surface area (Å²) in [6, 6.07) is 12.2. The molecule has 0 heterocycles. The van der Waals surface area contributed by atoms with Gasteiger partial charge in [-0.25, -0.2) is 4.79 Å². The predicted molar refractivity (Wildman–Crippen MR) is 75.2 cm³/mol. The minimum absolute atomic E-state index is 0.148. The minimum Gasteiger partial charge on any atom is -0.478 e. The number of carboxylic acids is 1. The number of carboxylic acid groups (broad SMARTS) is 1. The van der Waals surface area contributed by atoms with Crippen molar-refractivity contribution < 1.29 is 9.90 Å². The Labute approximate surface area is 113 Å². The molecule has 4 nitrogen and oxygen atoms in total. The molecular weight excluding hydrogens is 296 g/mol. The van der Waals surface area contributed by atoms with Crippen molar-refractivity contribution in [3.8, 4) is 0 Å². The number of nitrogens with one attached hydrogen (secondary N) is 1. The lowest BCUT2D eigenvalue weighted by Gasteiger charge is -2.10. The lowest BCUT2D eigenvalue weighted by atomic mass is 10.1. The third kappa shape index (κ3) is 2.81. The van der Waals surface area contributed by atoms with Crippen molar-refractivity contribution in [2.75, 3.05) is 11.1 Å². The molecule has 0 aliphatic carbocycles. The average Bonchev–Trinajstić information content (AvgIpc) is 2.31. The highest BCUT2D eigenvalue weighted by Crippen LogP contribution is 2.25. The van der Waals surface area contributed by atoms with Gasteiger partial charge in [-0.2, -0.15) is 0 Å². The third-order valence-electron chi connectivity index (χ3n) is 2.38. The van der Waals surface area contributed by atoms with Crippen LogP contribution < -0.4 is 11.1 Å². The zero-order valence-electron chi connectivity index (χ0n) is 9.35. The van der Waals surface area contributed by atoms with Gasteiger partial charge in [0.05, 0.1) is 11.3 Å². The maximum absolute atomic E-state index is 11.1. The van der Waals surface area contributed by atoms with Gasteiger partial charge >= 0.3 is 5.97 Å². The van der Waals surface area contributed by atoms with Gasteiger partial charge in [0.25, 0.3) is 0 Å². The largest absolute Gasteiger partial charge is 0.478 e. The summed E-state index contributed by atoms with van der Waals surface area (Å²) in [7, 11) is 0. The second-order valence-corrected chi connectivity index (χ2v) is 4.66. The fraction of sp³-hybridized carbons (Fsp3) is 0. The SMILES string of the molecule is Nc1ccc(Nc2cccc(Br)c2)c(C(=O)O)c1. The minimum atomic E-state index is -1.01. The number of hydrogen-bond acceptors (Lipinski definition) is 3. The molecule has 0 spiro atoms. The van der Waals surface area contributed by atoms with Gasteiger partial charge in [-0.15, -0.1) is 0 Å². The molecule has 0 unspecified atom stereocenters. The van der Waals surface area contributed by atoms with Crippen LogP contribution in [0, 0.1) is 0 Å².